The van der Waals surface area contributed by atoms with Crippen molar-refractivity contribution in [3.63, 3.8) is 0 Å². The van der Waals surface area contributed by atoms with Gasteiger partial charge in [0.05, 0.1) is 0 Å². The highest BCUT2D eigenvalue weighted by atomic mass is 16.4. The van der Waals surface area contributed by atoms with Crippen LogP contribution in [0.15, 0.2) is 0 Å². The van der Waals surface area contributed by atoms with E-state index in [1.54, 1.807) is 7.05 Å². The van der Waals surface area contributed by atoms with Crippen molar-refractivity contribution in [2.75, 3.05) is 39.8 Å². The molecule has 3 N–H and O–H groups in total. The lowest BCUT2D eigenvalue weighted by molar-refractivity contribution is -0.139. The van der Waals surface area contributed by atoms with E-state index in [0.29, 0.717) is 6.54 Å². The number of urea groups is 1. The molecule has 0 bridgehead atoms. The van der Waals surface area contributed by atoms with Crippen molar-refractivity contribution in [3.05, 3.63) is 0 Å². The molecule has 0 aromatic heterocycles. The monoisotopic (exact) mass is 273 g/mol. The normalized spacial score (nSPS) is 17.2. The van der Waals surface area contributed by atoms with Crippen LogP contribution in [-0.4, -0.2) is 77.9 Å². The maximum absolute atomic E-state index is 11.8. The van der Waals surface area contributed by atoms with Crippen LogP contribution in [-0.2, 0) is 4.79 Å². The molecule has 0 radical (unpaired) electrons. The summed E-state index contributed by atoms with van der Waals surface area (Å²) >= 11 is 0. The number of aliphatic hydroxyl groups is 1. The minimum atomic E-state index is -1.13. The first-order valence-electron chi connectivity index (χ1n) is 6.62. The van der Waals surface area contributed by atoms with Crippen LogP contribution in [0.2, 0.25) is 0 Å². The molecule has 1 atom stereocenters. The predicted molar refractivity (Wildman–Crippen MR) is 70.0 cm³/mol. The predicted octanol–water partition coefficient (Wildman–Crippen LogP) is -0.441. The molecule has 2 amide bonds. The topological polar surface area (TPSA) is 93.1 Å². The maximum Gasteiger partial charge on any atom is 0.326 e. The molecule has 0 aliphatic carbocycles. The number of rotatable bonds is 7. The van der Waals surface area contributed by atoms with Crippen LogP contribution in [0.5, 0.6) is 0 Å². The number of aliphatic hydroxyl groups excluding tert-OH is 1. The Morgan fingerprint density at radius 2 is 2.00 bits per heavy atom. The molecule has 0 aromatic carbocycles. The van der Waals surface area contributed by atoms with Gasteiger partial charge in [-0.1, -0.05) is 0 Å². The highest BCUT2D eigenvalue weighted by Gasteiger charge is 2.21. The molecule has 0 spiro atoms. The fourth-order valence-corrected chi connectivity index (χ4v) is 2.04. The van der Waals surface area contributed by atoms with Crippen molar-refractivity contribution in [2.24, 2.45) is 0 Å². The zero-order valence-corrected chi connectivity index (χ0v) is 11.3. The summed E-state index contributed by atoms with van der Waals surface area (Å²) in [6, 6.07) is -1.45. The van der Waals surface area contributed by atoms with Crippen molar-refractivity contribution in [1.82, 2.24) is 15.1 Å². The Labute approximate surface area is 113 Å². The number of aliphatic carboxylic acids is 1. The van der Waals surface area contributed by atoms with Crippen molar-refractivity contribution in [2.45, 2.75) is 25.3 Å². The fourth-order valence-electron chi connectivity index (χ4n) is 2.04. The number of hydrogen-bond acceptors (Lipinski definition) is 4. The van der Waals surface area contributed by atoms with Gasteiger partial charge in [0.2, 0.25) is 0 Å². The summed E-state index contributed by atoms with van der Waals surface area (Å²) in [5.41, 5.74) is 0. The number of nitrogens with one attached hydrogen (secondary N) is 1. The standard InChI is InChI=1S/C12H23N3O4/c1-14(7-8-15-5-2-3-6-15)12(19)13-10(4-9-16)11(17)18/h10,16H,2-9H2,1H3,(H,13,19)(H,17,18). The van der Waals surface area contributed by atoms with Gasteiger partial charge in [-0.2, -0.15) is 0 Å². The summed E-state index contributed by atoms with van der Waals surface area (Å²) in [6.45, 7) is 3.24. The molecule has 1 fully saturated rings. The average Bonchev–Trinajstić information content (AvgIpc) is 2.88. The third-order valence-electron chi connectivity index (χ3n) is 3.31. The van der Waals surface area contributed by atoms with Crippen molar-refractivity contribution in [3.8, 4) is 0 Å². The van der Waals surface area contributed by atoms with E-state index < -0.39 is 18.0 Å². The van der Waals surface area contributed by atoms with Gasteiger partial charge in [-0.05, 0) is 25.9 Å². The number of carbonyl (C=O) groups is 2. The second-order valence-electron chi connectivity index (χ2n) is 4.82. The van der Waals surface area contributed by atoms with Gasteiger partial charge in [0.15, 0.2) is 0 Å². The SMILES string of the molecule is CN(CCN1CCCC1)C(=O)NC(CCO)C(=O)O. The van der Waals surface area contributed by atoms with Gasteiger partial charge in [0.25, 0.3) is 0 Å². The molecule has 110 valence electrons. The molecule has 1 unspecified atom stereocenters. The summed E-state index contributed by atoms with van der Waals surface area (Å²) in [5, 5.41) is 20.0. The second-order valence-corrected chi connectivity index (χ2v) is 4.82. The first-order chi connectivity index (χ1) is 9.04. The van der Waals surface area contributed by atoms with E-state index in [1.165, 1.54) is 17.7 Å². The molecule has 0 aromatic rings. The first-order valence-corrected chi connectivity index (χ1v) is 6.62. The number of likely N-dealkylation sites (N-methyl/N-ethyl adjacent to an activating group) is 1. The summed E-state index contributed by atoms with van der Waals surface area (Å²) in [5.74, 6) is -1.13. The lowest BCUT2D eigenvalue weighted by atomic mass is 10.2. The minimum absolute atomic E-state index is 0.0149. The highest BCUT2D eigenvalue weighted by molar-refractivity contribution is 5.82. The fraction of sp³-hybridized carbons (Fsp3) is 0.833. The molecule has 1 heterocycles. The quantitative estimate of drug-likeness (QED) is 0.585. The molecule has 7 nitrogen and oxygen atoms in total. The third-order valence-corrected chi connectivity index (χ3v) is 3.31. The number of carbonyl (C=O) groups excluding carboxylic acids is 1. The highest BCUT2D eigenvalue weighted by Crippen LogP contribution is 2.06. The number of carboxylic acids is 1. The molecule has 0 saturated carbocycles. The van der Waals surface area contributed by atoms with Crippen LogP contribution in [0, 0.1) is 0 Å². The number of nitrogens with zero attached hydrogens (tertiary/aromatic N) is 2. The number of hydrogen-bond donors (Lipinski definition) is 3. The number of amides is 2. The van der Waals surface area contributed by atoms with Crippen molar-refractivity contribution < 1.29 is 19.8 Å². The molecular weight excluding hydrogens is 250 g/mol. The molecule has 1 aliphatic rings. The smallest absolute Gasteiger partial charge is 0.326 e. The summed E-state index contributed by atoms with van der Waals surface area (Å²) in [4.78, 5) is 26.4. The molecule has 19 heavy (non-hydrogen) atoms. The van der Waals surface area contributed by atoms with E-state index in [-0.39, 0.29) is 13.0 Å². The van der Waals surface area contributed by atoms with Gasteiger partial charge in [-0.25, -0.2) is 9.59 Å². The van der Waals surface area contributed by atoms with Gasteiger partial charge in [0.1, 0.15) is 6.04 Å². The zero-order valence-electron chi connectivity index (χ0n) is 11.3. The van der Waals surface area contributed by atoms with Crippen molar-refractivity contribution in [1.29, 1.82) is 0 Å². The molecule has 1 aliphatic heterocycles. The Hall–Kier alpha value is -1.34. The van der Waals surface area contributed by atoms with Crippen LogP contribution >= 0.6 is 0 Å². The first kappa shape index (κ1) is 15.7. The van der Waals surface area contributed by atoms with E-state index in [1.807, 2.05) is 0 Å². The van der Waals surface area contributed by atoms with Crippen LogP contribution in [0.25, 0.3) is 0 Å². The van der Waals surface area contributed by atoms with Crippen LogP contribution in [0.3, 0.4) is 0 Å². The largest absolute Gasteiger partial charge is 0.480 e. The van der Waals surface area contributed by atoms with E-state index >= 15 is 0 Å². The Morgan fingerprint density at radius 3 is 2.53 bits per heavy atom. The molecule has 1 saturated heterocycles. The Bertz CT molecular complexity index is 305. The Morgan fingerprint density at radius 1 is 1.37 bits per heavy atom. The maximum atomic E-state index is 11.8. The van der Waals surface area contributed by atoms with E-state index in [4.69, 9.17) is 10.2 Å². The number of carboxylic acid groups (broad SMARTS) is 1. The number of likely N-dealkylation sites (tertiary alicyclic amines) is 1. The van der Waals surface area contributed by atoms with Gasteiger partial charge < -0.3 is 25.3 Å². The summed E-state index contributed by atoms with van der Waals surface area (Å²) < 4.78 is 0. The second kappa shape index (κ2) is 7.96. The molecular formula is C12H23N3O4. The summed E-state index contributed by atoms with van der Waals surface area (Å²) in [7, 11) is 1.64. The van der Waals surface area contributed by atoms with Crippen LogP contribution in [0.1, 0.15) is 19.3 Å². The van der Waals surface area contributed by atoms with Crippen LogP contribution in [0.4, 0.5) is 4.79 Å². The Kier molecular flexibility index (Phi) is 6.58. The lowest BCUT2D eigenvalue weighted by Gasteiger charge is -2.23. The van der Waals surface area contributed by atoms with Gasteiger partial charge in [0, 0.05) is 33.2 Å². The molecule has 7 heteroatoms. The third kappa shape index (κ3) is 5.44. The average molecular weight is 273 g/mol. The van der Waals surface area contributed by atoms with Crippen molar-refractivity contribution >= 4 is 12.0 Å². The van der Waals surface area contributed by atoms with E-state index in [9.17, 15) is 9.59 Å². The zero-order chi connectivity index (χ0) is 14.3. The van der Waals surface area contributed by atoms with Gasteiger partial charge in [-0.3, -0.25) is 0 Å². The lowest BCUT2D eigenvalue weighted by Crippen LogP contribution is -2.48. The van der Waals surface area contributed by atoms with Gasteiger partial charge in [-0.15, -0.1) is 0 Å². The van der Waals surface area contributed by atoms with Gasteiger partial charge >= 0.3 is 12.0 Å². The Balaban J connectivity index is 2.31. The van der Waals surface area contributed by atoms with Crippen LogP contribution < -0.4 is 5.32 Å². The summed E-state index contributed by atoms with van der Waals surface area (Å²) in [6.07, 6.45) is 2.42. The molecule has 1 rings (SSSR count). The minimum Gasteiger partial charge on any atom is -0.480 e. The van der Waals surface area contributed by atoms with E-state index in [0.717, 1.165) is 19.6 Å². The van der Waals surface area contributed by atoms with E-state index in [2.05, 4.69) is 10.2 Å².